The second-order valence-corrected chi connectivity index (χ2v) is 6.26. The molecule has 0 aliphatic heterocycles. The SMILES string of the molecule is CNC(=O)NC(=O)[C@H](OC(=O)c1ccc(SC)c([N+](=O)[O-])c1)c1ccccc1. The van der Waals surface area contributed by atoms with Gasteiger partial charge in [0.1, 0.15) is 0 Å². The van der Waals surface area contributed by atoms with Crippen LogP contribution in [0.5, 0.6) is 0 Å². The van der Waals surface area contributed by atoms with Crippen LogP contribution in [-0.4, -0.2) is 36.1 Å². The summed E-state index contributed by atoms with van der Waals surface area (Å²) in [5.41, 5.74) is 0.0127. The van der Waals surface area contributed by atoms with Gasteiger partial charge in [0, 0.05) is 18.7 Å². The van der Waals surface area contributed by atoms with Crippen molar-refractivity contribution in [2.45, 2.75) is 11.0 Å². The molecule has 0 aromatic heterocycles. The summed E-state index contributed by atoms with van der Waals surface area (Å²) in [6.45, 7) is 0. The van der Waals surface area contributed by atoms with Crippen molar-refractivity contribution in [3.05, 3.63) is 69.8 Å². The topological polar surface area (TPSA) is 128 Å². The molecule has 28 heavy (non-hydrogen) atoms. The van der Waals surface area contributed by atoms with Crippen LogP contribution in [0.3, 0.4) is 0 Å². The molecule has 3 amide bonds. The van der Waals surface area contributed by atoms with Gasteiger partial charge in [-0.3, -0.25) is 20.2 Å². The lowest BCUT2D eigenvalue weighted by molar-refractivity contribution is -0.387. The predicted octanol–water partition coefficient (Wildman–Crippen LogP) is 2.67. The lowest BCUT2D eigenvalue weighted by atomic mass is 10.1. The van der Waals surface area contributed by atoms with Gasteiger partial charge in [-0.2, -0.15) is 0 Å². The molecule has 0 radical (unpaired) electrons. The Hall–Kier alpha value is -3.40. The van der Waals surface area contributed by atoms with E-state index in [1.54, 1.807) is 36.6 Å². The van der Waals surface area contributed by atoms with Crippen molar-refractivity contribution < 1.29 is 24.0 Å². The summed E-state index contributed by atoms with van der Waals surface area (Å²) in [6.07, 6.45) is 0.264. The summed E-state index contributed by atoms with van der Waals surface area (Å²) in [7, 11) is 1.33. The first-order valence-electron chi connectivity index (χ1n) is 7.98. The fourth-order valence-corrected chi connectivity index (χ4v) is 2.82. The number of thioether (sulfide) groups is 1. The molecule has 146 valence electrons. The number of benzene rings is 2. The van der Waals surface area contributed by atoms with Gasteiger partial charge in [-0.1, -0.05) is 30.3 Å². The van der Waals surface area contributed by atoms with Crippen molar-refractivity contribution >= 4 is 35.4 Å². The van der Waals surface area contributed by atoms with E-state index in [1.165, 1.54) is 30.9 Å². The Morgan fingerprint density at radius 1 is 1.14 bits per heavy atom. The maximum Gasteiger partial charge on any atom is 0.339 e. The van der Waals surface area contributed by atoms with E-state index in [4.69, 9.17) is 4.74 Å². The summed E-state index contributed by atoms with van der Waals surface area (Å²) in [6, 6.07) is 11.2. The average molecular weight is 403 g/mol. The number of nitro benzene ring substituents is 1. The molecule has 1 atom stereocenters. The van der Waals surface area contributed by atoms with E-state index >= 15 is 0 Å². The highest BCUT2D eigenvalue weighted by atomic mass is 32.2. The number of esters is 1. The molecular formula is C18H17N3O6S. The molecule has 0 saturated heterocycles. The van der Waals surface area contributed by atoms with Gasteiger partial charge in [0.15, 0.2) is 0 Å². The molecular weight excluding hydrogens is 386 g/mol. The number of amides is 3. The van der Waals surface area contributed by atoms with E-state index in [-0.39, 0.29) is 11.3 Å². The predicted molar refractivity (Wildman–Crippen MR) is 102 cm³/mol. The third kappa shape index (κ3) is 5.07. The van der Waals surface area contributed by atoms with Crippen LogP contribution in [-0.2, 0) is 9.53 Å². The molecule has 2 aromatic rings. The van der Waals surface area contributed by atoms with E-state index < -0.39 is 28.9 Å². The van der Waals surface area contributed by atoms with Crippen molar-refractivity contribution in [2.24, 2.45) is 0 Å². The number of rotatable bonds is 6. The molecule has 10 heteroatoms. The van der Waals surface area contributed by atoms with Gasteiger partial charge in [0.2, 0.25) is 6.10 Å². The second kappa shape index (κ2) is 9.51. The van der Waals surface area contributed by atoms with Crippen LogP contribution in [0.4, 0.5) is 10.5 Å². The molecule has 2 rings (SSSR count). The third-order valence-corrected chi connectivity index (χ3v) is 4.43. The van der Waals surface area contributed by atoms with Gasteiger partial charge in [-0.15, -0.1) is 11.8 Å². The lowest BCUT2D eigenvalue weighted by Gasteiger charge is -2.17. The summed E-state index contributed by atoms with van der Waals surface area (Å²) >= 11 is 1.17. The molecule has 0 aliphatic carbocycles. The third-order valence-electron chi connectivity index (χ3n) is 3.64. The molecule has 9 nitrogen and oxygen atoms in total. The summed E-state index contributed by atoms with van der Waals surface area (Å²) in [4.78, 5) is 47.3. The number of nitrogens with zero attached hydrogens (tertiary/aromatic N) is 1. The highest BCUT2D eigenvalue weighted by Crippen LogP contribution is 2.29. The van der Waals surface area contributed by atoms with Crippen molar-refractivity contribution in [1.82, 2.24) is 10.6 Å². The van der Waals surface area contributed by atoms with E-state index in [1.807, 2.05) is 0 Å². The molecule has 0 aliphatic rings. The zero-order valence-electron chi connectivity index (χ0n) is 15.0. The standard InChI is InChI=1S/C18H17N3O6S/c1-19-18(24)20-16(22)15(11-6-4-3-5-7-11)27-17(23)12-8-9-14(28-2)13(10-12)21(25)26/h3-10,15H,1-2H3,(H2,19,20,22,24)/t15-/m1/s1. The van der Waals surface area contributed by atoms with Crippen molar-refractivity contribution in [1.29, 1.82) is 0 Å². The molecule has 0 bridgehead atoms. The Labute approximate surface area is 164 Å². The minimum atomic E-state index is -1.41. The quantitative estimate of drug-likeness (QED) is 0.328. The molecule has 2 N–H and O–H groups in total. The molecule has 0 unspecified atom stereocenters. The molecule has 0 spiro atoms. The van der Waals surface area contributed by atoms with Gasteiger partial charge in [0.05, 0.1) is 15.4 Å². The van der Waals surface area contributed by atoms with E-state index in [9.17, 15) is 24.5 Å². The first-order chi connectivity index (χ1) is 13.4. The number of carbonyl (C=O) groups excluding carboxylic acids is 3. The smallest absolute Gasteiger partial charge is 0.339 e. The lowest BCUT2D eigenvalue weighted by Crippen LogP contribution is -2.41. The number of carbonyl (C=O) groups is 3. The Morgan fingerprint density at radius 3 is 2.39 bits per heavy atom. The van der Waals surface area contributed by atoms with Crippen LogP contribution in [0.2, 0.25) is 0 Å². The van der Waals surface area contributed by atoms with E-state index in [0.717, 1.165) is 6.07 Å². The van der Waals surface area contributed by atoms with Crippen LogP contribution < -0.4 is 10.6 Å². The summed E-state index contributed by atoms with van der Waals surface area (Å²) in [5.74, 6) is -1.79. The van der Waals surface area contributed by atoms with Gasteiger partial charge in [0.25, 0.3) is 11.6 Å². The van der Waals surface area contributed by atoms with Gasteiger partial charge in [-0.05, 0) is 18.4 Å². The number of hydrogen-bond acceptors (Lipinski definition) is 7. The summed E-state index contributed by atoms with van der Waals surface area (Å²) in [5, 5.41) is 15.5. The molecule has 0 saturated carbocycles. The second-order valence-electron chi connectivity index (χ2n) is 5.41. The number of ether oxygens (including phenoxy) is 1. The number of nitrogens with one attached hydrogen (secondary N) is 2. The Balaban J connectivity index is 2.32. The first kappa shape index (κ1) is 20.9. The van der Waals surface area contributed by atoms with Crippen molar-refractivity contribution in [3.63, 3.8) is 0 Å². The largest absolute Gasteiger partial charge is 0.444 e. The number of nitro groups is 1. The first-order valence-corrected chi connectivity index (χ1v) is 9.20. The molecule has 0 fully saturated rings. The average Bonchev–Trinajstić information content (AvgIpc) is 2.71. The normalized spacial score (nSPS) is 11.2. The molecule has 0 heterocycles. The van der Waals surface area contributed by atoms with E-state index in [0.29, 0.717) is 10.5 Å². The Bertz CT molecular complexity index is 903. The van der Waals surface area contributed by atoms with Gasteiger partial charge in [-0.25, -0.2) is 9.59 Å². The van der Waals surface area contributed by atoms with Crippen LogP contribution in [0, 0.1) is 10.1 Å². The zero-order chi connectivity index (χ0) is 20.7. The fraction of sp³-hybridized carbons (Fsp3) is 0.167. The van der Waals surface area contributed by atoms with Crippen LogP contribution in [0.25, 0.3) is 0 Å². The monoisotopic (exact) mass is 403 g/mol. The van der Waals surface area contributed by atoms with Crippen LogP contribution in [0.1, 0.15) is 22.0 Å². The van der Waals surface area contributed by atoms with Gasteiger partial charge < -0.3 is 10.1 Å². The van der Waals surface area contributed by atoms with Crippen LogP contribution >= 0.6 is 11.8 Å². The van der Waals surface area contributed by atoms with Crippen molar-refractivity contribution in [2.75, 3.05) is 13.3 Å². The Morgan fingerprint density at radius 2 is 1.82 bits per heavy atom. The maximum atomic E-state index is 12.5. The maximum absolute atomic E-state index is 12.5. The highest BCUT2D eigenvalue weighted by molar-refractivity contribution is 7.98. The Kier molecular flexibility index (Phi) is 7.10. The fourth-order valence-electron chi connectivity index (χ4n) is 2.28. The minimum absolute atomic E-state index is 0.0850. The summed E-state index contributed by atoms with van der Waals surface area (Å²) < 4.78 is 5.28. The molecule has 2 aromatic carbocycles. The highest BCUT2D eigenvalue weighted by Gasteiger charge is 2.28. The minimum Gasteiger partial charge on any atom is -0.444 e. The van der Waals surface area contributed by atoms with E-state index in [2.05, 4.69) is 10.6 Å². The number of hydrogen-bond donors (Lipinski definition) is 2. The van der Waals surface area contributed by atoms with Crippen LogP contribution in [0.15, 0.2) is 53.4 Å². The van der Waals surface area contributed by atoms with Gasteiger partial charge >= 0.3 is 12.0 Å². The zero-order valence-corrected chi connectivity index (χ0v) is 15.8. The number of urea groups is 1. The van der Waals surface area contributed by atoms with Crippen molar-refractivity contribution in [3.8, 4) is 0 Å². The number of imide groups is 1.